The first-order valence-electron chi connectivity index (χ1n) is 5.79. The third kappa shape index (κ3) is 3.04. The molecule has 0 N–H and O–H groups in total. The van der Waals surface area contributed by atoms with Crippen molar-refractivity contribution in [2.75, 3.05) is 11.9 Å². The van der Waals surface area contributed by atoms with Crippen molar-refractivity contribution in [3.05, 3.63) is 58.2 Å². The van der Waals surface area contributed by atoms with Crippen LogP contribution in [0.4, 0.5) is 11.4 Å². The molecule has 1 aromatic carbocycles. The second kappa shape index (κ2) is 5.43. The lowest BCUT2D eigenvalue weighted by molar-refractivity contribution is -0.384. The Morgan fingerprint density at radius 1 is 1.37 bits per heavy atom. The first-order chi connectivity index (χ1) is 9.08. The summed E-state index contributed by atoms with van der Waals surface area (Å²) in [6.45, 7) is 2.30. The Hall–Kier alpha value is -2.50. The van der Waals surface area contributed by atoms with Gasteiger partial charge in [0, 0.05) is 25.5 Å². The van der Waals surface area contributed by atoms with Crippen molar-refractivity contribution < 1.29 is 4.92 Å². The zero-order valence-electron chi connectivity index (χ0n) is 10.8. The lowest BCUT2D eigenvalue weighted by Crippen LogP contribution is -2.18. The zero-order chi connectivity index (χ0) is 13.8. The number of hydrogen-bond acceptors (Lipinski definition) is 5. The van der Waals surface area contributed by atoms with E-state index in [1.54, 1.807) is 42.7 Å². The van der Waals surface area contributed by atoms with Gasteiger partial charge in [-0.15, -0.1) is 0 Å². The molecule has 0 aliphatic heterocycles. The van der Waals surface area contributed by atoms with Crippen molar-refractivity contribution in [2.45, 2.75) is 13.5 Å². The average Bonchev–Trinajstić information content (AvgIpc) is 2.39. The number of hydrogen-bond donors (Lipinski definition) is 0. The van der Waals surface area contributed by atoms with E-state index in [1.165, 1.54) is 0 Å². The van der Waals surface area contributed by atoms with Crippen molar-refractivity contribution in [3.8, 4) is 0 Å². The minimum Gasteiger partial charge on any atom is -0.363 e. The molecule has 1 heterocycles. The van der Waals surface area contributed by atoms with Crippen LogP contribution in [0.25, 0.3) is 0 Å². The van der Waals surface area contributed by atoms with E-state index >= 15 is 0 Å². The molecule has 1 aromatic heterocycles. The summed E-state index contributed by atoms with van der Waals surface area (Å²) in [7, 11) is 1.80. The SMILES string of the molecule is Cc1ccc(N(C)Cc2cnccn2)c([N+](=O)[O-])c1. The molecule has 0 radical (unpaired) electrons. The maximum Gasteiger partial charge on any atom is 0.292 e. The highest BCUT2D eigenvalue weighted by atomic mass is 16.6. The molecule has 0 atom stereocenters. The summed E-state index contributed by atoms with van der Waals surface area (Å²) in [6, 6.07) is 5.18. The van der Waals surface area contributed by atoms with Crippen LogP contribution in [0.2, 0.25) is 0 Å². The highest BCUT2D eigenvalue weighted by molar-refractivity contribution is 5.63. The summed E-state index contributed by atoms with van der Waals surface area (Å²) in [5, 5.41) is 11.1. The number of rotatable bonds is 4. The van der Waals surface area contributed by atoms with Crippen LogP contribution in [-0.2, 0) is 6.54 Å². The molecule has 0 aliphatic rings. The molecule has 6 nitrogen and oxygen atoms in total. The fourth-order valence-electron chi connectivity index (χ4n) is 1.84. The van der Waals surface area contributed by atoms with Gasteiger partial charge in [0.15, 0.2) is 0 Å². The lowest BCUT2D eigenvalue weighted by Gasteiger charge is -2.18. The van der Waals surface area contributed by atoms with Crippen LogP contribution in [0.1, 0.15) is 11.3 Å². The van der Waals surface area contributed by atoms with Gasteiger partial charge in [-0.2, -0.15) is 0 Å². The molecular weight excluding hydrogens is 244 g/mol. The van der Waals surface area contributed by atoms with E-state index in [2.05, 4.69) is 9.97 Å². The number of aromatic nitrogens is 2. The van der Waals surface area contributed by atoms with E-state index in [0.29, 0.717) is 12.2 Å². The number of benzene rings is 1. The minimum absolute atomic E-state index is 0.103. The Morgan fingerprint density at radius 3 is 2.79 bits per heavy atom. The Kier molecular flexibility index (Phi) is 3.70. The van der Waals surface area contributed by atoms with Crippen LogP contribution in [0.15, 0.2) is 36.8 Å². The van der Waals surface area contributed by atoms with Gasteiger partial charge in [0.1, 0.15) is 5.69 Å². The molecule has 0 fully saturated rings. The Labute approximate surface area is 110 Å². The first kappa shape index (κ1) is 12.9. The monoisotopic (exact) mass is 258 g/mol. The summed E-state index contributed by atoms with van der Waals surface area (Å²) in [6.07, 6.45) is 4.85. The third-order valence-electron chi connectivity index (χ3n) is 2.75. The van der Waals surface area contributed by atoms with E-state index in [-0.39, 0.29) is 10.6 Å². The van der Waals surface area contributed by atoms with Gasteiger partial charge >= 0.3 is 0 Å². The van der Waals surface area contributed by atoms with Crippen molar-refractivity contribution in [1.82, 2.24) is 9.97 Å². The smallest absolute Gasteiger partial charge is 0.292 e. The largest absolute Gasteiger partial charge is 0.363 e. The van der Waals surface area contributed by atoms with Gasteiger partial charge in [-0.1, -0.05) is 6.07 Å². The molecule has 2 aromatic rings. The molecule has 0 unspecified atom stereocenters. The van der Waals surface area contributed by atoms with E-state index in [4.69, 9.17) is 0 Å². The van der Waals surface area contributed by atoms with Crippen LogP contribution < -0.4 is 4.90 Å². The second-order valence-electron chi connectivity index (χ2n) is 4.30. The predicted molar refractivity (Wildman–Crippen MR) is 72.0 cm³/mol. The van der Waals surface area contributed by atoms with Crippen molar-refractivity contribution in [3.63, 3.8) is 0 Å². The average molecular weight is 258 g/mol. The van der Waals surface area contributed by atoms with Gasteiger partial charge in [-0.05, 0) is 18.6 Å². The van der Waals surface area contributed by atoms with E-state index < -0.39 is 0 Å². The molecule has 0 spiro atoms. The molecular formula is C13H14N4O2. The summed E-state index contributed by atoms with van der Waals surface area (Å²) in [4.78, 5) is 20.7. The van der Waals surface area contributed by atoms with Gasteiger partial charge < -0.3 is 4.90 Å². The van der Waals surface area contributed by atoms with E-state index in [0.717, 1.165) is 11.3 Å². The highest BCUT2D eigenvalue weighted by Gasteiger charge is 2.17. The number of nitrogens with zero attached hydrogens (tertiary/aromatic N) is 4. The topological polar surface area (TPSA) is 72.2 Å². The molecule has 6 heteroatoms. The van der Waals surface area contributed by atoms with Gasteiger partial charge in [0.2, 0.25) is 0 Å². The lowest BCUT2D eigenvalue weighted by atomic mass is 10.2. The van der Waals surface area contributed by atoms with Gasteiger partial charge in [-0.3, -0.25) is 20.1 Å². The Morgan fingerprint density at radius 2 is 2.16 bits per heavy atom. The molecule has 0 bridgehead atoms. The number of nitro groups is 1. The van der Waals surface area contributed by atoms with Gasteiger partial charge in [-0.25, -0.2) is 0 Å². The van der Waals surface area contributed by atoms with Crippen LogP contribution in [0.3, 0.4) is 0 Å². The summed E-state index contributed by atoms with van der Waals surface area (Å²) in [5.74, 6) is 0. The maximum atomic E-state index is 11.1. The Balaban J connectivity index is 2.28. The first-order valence-corrected chi connectivity index (χ1v) is 5.79. The molecule has 2 rings (SSSR count). The molecule has 98 valence electrons. The molecule has 0 aliphatic carbocycles. The second-order valence-corrected chi connectivity index (χ2v) is 4.30. The van der Waals surface area contributed by atoms with E-state index in [9.17, 15) is 10.1 Å². The highest BCUT2D eigenvalue weighted by Crippen LogP contribution is 2.28. The standard InChI is InChI=1S/C13H14N4O2/c1-10-3-4-12(13(7-10)17(18)19)16(2)9-11-8-14-5-6-15-11/h3-8H,9H2,1-2H3. The molecule has 0 amide bonds. The molecule has 0 saturated heterocycles. The predicted octanol–water partition coefficient (Wildman–Crippen LogP) is 2.33. The quantitative estimate of drug-likeness (QED) is 0.621. The van der Waals surface area contributed by atoms with Crippen molar-refractivity contribution in [1.29, 1.82) is 0 Å². The summed E-state index contributed by atoms with van der Waals surface area (Å²) >= 11 is 0. The summed E-state index contributed by atoms with van der Waals surface area (Å²) in [5.41, 5.74) is 2.30. The van der Waals surface area contributed by atoms with Crippen LogP contribution in [0.5, 0.6) is 0 Å². The normalized spacial score (nSPS) is 10.2. The molecule has 19 heavy (non-hydrogen) atoms. The van der Waals surface area contributed by atoms with Crippen LogP contribution in [-0.4, -0.2) is 21.9 Å². The fraction of sp³-hybridized carbons (Fsp3) is 0.231. The van der Waals surface area contributed by atoms with E-state index in [1.807, 2.05) is 13.0 Å². The van der Waals surface area contributed by atoms with Crippen LogP contribution >= 0.6 is 0 Å². The van der Waals surface area contributed by atoms with Gasteiger partial charge in [0.05, 0.1) is 23.4 Å². The summed E-state index contributed by atoms with van der Waals surface area (Å²) < 4.78 is 0. The van der Waals surface area contributed by atoms with Crippen molar-refractivity contribution in [2.24, 2.45) is 0 Å². The zero-order valence-corrected chi connectivity index (χ0v) is 10.8. The van der Waals surface area contributed by atoms with Gasteiger partial charge in [0.25, 0.3) is 5.69 Å². The number of nitro benzene ring substituents is 1. The minimum atomic E-state index is -0.366. The fourth-order valence-corrected chi connectivity index (χ4v) is 1.84. The number of aryl methyl sites for hydroxylation is 1. The number of anilines is 1. The van der Waals surface area contributed by atoms with Crippen LogP contribution in [0, 0.1) is 17.0 Å². The van der Waals surface area contributed by atoms with Crippen molar-refractivity contribution >= 4 is 11.4 Å². The third-order valence-corrected chi connectivity index (χ3v) is 2.75. The maximum absolute atomic E-state index is 11.1. The Bertz CT molecular complexity index is 586. The molecule has 0 saturated carbocycles.